The van der Waals surface area contributed by atoms with Gasteiger partial charge in [-0.25, -0.2) is 0 Å². The average Bonchev–Trinajstić information content (AvgIpc) is 2.47. The minimum absolute atomic E-state index is 0.0456. The molecule has 2 aromatic carbocycles. The molecule has 0 atom stereocenters. The van der Waals surface area contributed by atoms with Crippen LogP contribution in [0.2, 0.25) is 5.02 Å². The molecule has 5 nitrogen and oxygen atoms in total. The number of aryl methyl sites for hydroxylation is 2. The lowest BCUT2D eigenvalue weighted by molar-refractivity contribution is -0.384. The Balaban J connectivity index is 2.00. The Labute approximate surface area is 133 Å². The molecule has 2 aromatic rings. The highest BCUT2D eigenvalue weighted by Crippen LogP contribution is 2.22. The standard InChI is InChI=1S/C16H15ClN2O3/c1-11-5-7-14(19(21)22)10-15(11)18-16(20)8-6-12-3-2-4-13(17)9-12/h2-5,7,9-10H,6,8H2,1H3,(H,18,20). The van der Waals surface area contributed by atoms with Gasteiger partial charge in [0.25, 0.3) is 5.69 Å². The molecule has 0 radical (unpaired) electrons. The molecule has 22 heavy (non-hydrogen) atoms. The molecule has 0 aliphatic rings. The number of nitrogens with zero attached hydrogens (tertiary/aromatic N) is 1. The minimum Gasteiger partial charge on any atom is -0.326 e. The molecule has 0 heterocycles. The third-order valence-electron chi connectivity index (χ3n) is 3.24. The summed E-state index contributed by atoms with van der Waals surface area (Å²) >= 11 is 5.89. The van der Waals surface area contributed by atoms with Crippen LogP contribution in [-0.4, -0.2) is 10.8 Å². The number of hydrogen-bond acceptors (Lipinski definition) is 3. The van der Waals surface area contributed by atoms with E-state index in [-0.39, 0.29) is 18.0 Å². The third-order valence-corrected chi connectivity index (χ3v) is 3.47. The summed E-state index contributed by atoms with van der Waals surface area (Å²) in [6, 6.07) is 11.7. The van der Waals surface area contributed by atoms with Crippen LogP contribution in [0.4, 0.5) is 11.4 Å². The quantitative estimate of drug-likeness (QED) is 0.665. The first-order valence-electron chi connectivity index (χ1n) is 6.75. The first-order valence-corrected chi connectivity index (χ1v) is 7.13. The molecule has 0 spiro atoms. The molecular formula is C16H15ClN2O3. The molecule has 0 aliphatic carbocycles. The predicted molar refractivity (Wildman–Crippen MR) is 86.2 cm³/mol. The summed E-state index contributed by atoms with van der Waals surface area (Å²) in [7, 11) is 0. The fraction of sp³-hybridized carbons (Fsp3) is 0.188. The van der Waals surface area contributed by atoms with Crippen molar-refractivity contribution in [3.63, 3.8) is 0 Å². The number of nitrogens with one attached hydrogen (secondary N) is 1. The normalized spacial score (nSPS) is 10.3. The Morgan fingerprint density at radius 1 is 1.27 bits per heavy atom. The summed E-state index contributed by atoms with van der Waals surface area (Å²) in [6.45, 7) is 1.79. The van der Waals surface area contributed by atoms with Crippen molar-refractivity contribution in [2.45, 2.75) is 19.8 Å². The van der Waals surface area contributed by atoms with Crippen LogP contribution in [0.15, 0.2) is 42.5 Å². The number of halogens is 1. The van der Waals surface area contributed by atoms with E-state index in [1.165, 1.54) is 12.1 Å². The van der Waals surface area contributed by atoms with Gasteiger partial charge in [-0.1, -0.05) is 29.8 Å². The summed E-state index contributed by atoms with van der Waals surface area (Å²) in [4.78, 5) is 22.3. The predicted octanol–water partition coefficient (Wildman–Crippen LogP) is 4.13. The van der Waals surface area contributed by atoms with Gasteiger partial charge in [-0.2, -0.15) is 0 Å². The van der Waals surface area contributed by atoms with Crippen molar-refractivity contribution in [3.8, 4) is 0 Å². The van der Waals surface area contributed by atoms with E-state index >= 15 is 0 Å². The summed E-state index contributed by atoms with van der Waals surface area (Å²) < 4.78 is 0. The summed E-state index contributed by atoms with van der Waals surface area (Å²) in [5, 5.41) is 14.1. The van der Waals surface area contributed by atoms with Gasteiger partial charge in [0.1, 0.15) is 0 Å². The Hall–Kier alpha value is -2.40. The van der Waals surface area contributed by atoms with Crippen LogP contribution in [0.25, 0.3) is 0 Å². The SMILES string of the molecule is Cc1ccc([N+](=O)[O-])cc1NC(=O)CCc1cccc(Cl)c1. The van der Waals surface area contributed by atoms with Gasteiger partial charge in [-0.3, -0.25) is 14.9 Å². The number of non-ortho nitro benzene ring substituents is 1. The monoisotopic (exact) mass is 318 g/mol. The highest BCUT2D eigenvalue weighted by Gasteiger charge is 2.11. The topological polar surface area (TPSA) is 72.2 Å². The van der Waals surface area contributed by atoms with Crippen molar-refractivity contribution < 1.29 is 9.72 Å². The maximum atomic E-state index is 12.0. The first kappa shape index (κ1) is 16.0. The lowest BCUT2D eigenvalue weighted by atomic mass is 10.1. The Morgan fingerprint density at radius 3 is 2.73 bits per heavy atom. The Kier molecular flexibility index (Phi) is 5.12. The number of hydrogen-bond donors (Lipinski definition) is 1. The fourth-order valence-corrected chi connectivity index (χ4v) is 2.23. The highest BCUT2D eigenvalue weighted by atomic mass is 35.5. The number of nitro benzene ring substituents is 1. The molecule has 0 saturated heterocycles. The molecule has 0 unspecified atom stereocenters. The molecule has 0 bridgehead atoms. The number of amides is 1. The number of carbonyl (C=O) groups is 1. The number of rotatable bonds is 5. The average molecular weight is 319 g/mol. The summed E-state index contributed by atoms with van der Waals surface area (Å²) in [6.07, 6.45) is 0.836. The van der Waals surface area contributed by atoms with E-state index in [9.17, 15) is 14.9 Å². The lowest BCUT2D eigenvalue weighted by Crippen LogP contribution is -2.13. The zero-order valence-corrected chi connectivity index (χ0v) is 12.8. The number of carbonyl (C=O) groups excluding carboxylic acids is 1. The van der Waals surface area contributed by atoms with E-state index in [2.05, 4.69) is 5.32 Å². The molecule has 0 aromatic heterocycles. The van der Waals surface area contributed by atoms with Gasteiger partial charge >= 0.3 is 0 Å². The second-order valence-electron chi connectivity index (χ2n) is 4.93. The summed E-state index contributed by atoms with van der Waals surface area (Å²) in [5.74, 6) is -0.191. The molecule has 1 amide bonds. The number of anilines is 1. The molecular weight excluding hydrogens is 304 g/mol. The maximum Gasteiger partial charge on any atom is 0.271 e. The first-order chi connectivity index (χ1) is 10.5. The lowest BCUT2D eigenvalue weighted by Gasteiger charge is -2.08. The van der Waals surface area contributed by atoms with Crippen LogP contribution in [0, 0.1) is 17.0 Å². The van der Waals surface area contributed by atoms with E-state index in [0.717, 1.165) is 11.1 Å². The van der Waals surface area contributed by atoms with E-state index < -0.39 is 4.92 Å². The van der Waals surface area contributed by atoms with E-state index in [4.69, 9.17) is 11.6 Å². The molecule has 114 valence electrons. The van der Waals surface area contributed by atoms with Gasteiger partial charge in [0.05, 0.1) is 10.6 Å². The van der Waals surface area contributed by atoms with E-state index in [1.54, 1.807) is 19.1 Å². The van der Waals surface area contributed by atoms with Gasteiger partial charge in [0, 0.05) is 23.6 Å². The number of benzene rings is 2. The Morgan fingerprint density at radius 2 is 2.05 bits per heavy atom. The Bertz CT molecular complexity index is 716. The van der Waals surface area contributed by atoms with Gasteiger partial charge in [-0.05, 0) is 36.6 Å². The third kappa shape index (κ3) is 4.30. The molecule has 0 fully saturated rings. The second-order valence-corrected chi connectivity index (χ2v) is 5.37. The fourth-order valence-electron chi connectivity index (χ4n) is 2.02. The molecule has 0 aliphatic heterocycles. The van der Waals surface area contributed by atoms with Crippen molar-refractivity contribution >= 4 is 28.9 Å². The number of nitro groups is 1. The molecule has 2 rings (SSSR count). The zero-order chi connectivity index (χ0) is 16.1. The van der Waals surface area contributed by atoms with Crippen molar-refractivity contribution in [1.82, 2.24) is 0 Å². The van der Waals surface area contributed by atoms with Gasteiger partial charge < -0.3 is 5.32 Å². The van der Waals surface area contributed by atoms with Crippen molar-refractivity contribution in [2.24, 2.45) is 0 Å². The molecule has 6 heteroatoms. The van der Waals surface area contributed by atoms with Crippen molar-refractivity contribution in [1.29, 1.82) is 0 Å². The van der Waals surface area contributed by atoms with Crippen molar-refractivity contribution in [2.75, 3.05) is 5.32 Å². The second kappa shape index (κ2) is 7.04. The van der Waals surface area contributed by atoms with E-state index in [1.807, 2.05) is 18.2 Å². The smallest absolute Gasteiger partial charge is 0.271 e. The van der Waals surface area contributed by atoms with Gasteiger partial charge in [-0.15, -0.1) is 0 Å². The van der Waals surface area contributed by atoms with Gasteiger partial charge in [0.15, 0.2) is 0 Å². The van der Waals surface area contributed by atoms with Gasteiger partial charge in [0.2, 0.25) is 5.91 Å². The summed E-state index contributed by atoms with van der Waals surface area (Å²) in [5.41, 5.74) is 2.17. The molecule has 0 saturated carbocycles. The largest absolute Gasteiger partial charge is 0.326 e. The van der Waals surface area contributed by atoms with Crippen LogP contribution in [0.3, 0.4) is 0 Å². The molecule has 1 N–H and O–H groups in total. The highest BCUT2D eigenvalue weighted by molar-refractivity contribution is 6.30. The van der Waals surface area contributed by atoms with Crippen LogP contribution < -0.4 is 5.32 Å². The van der Waals surface area contributed by atoms with Crippen LogP contribution >= 0.6 is 11.6 Å². The van der Waals surface area contributed by atoms with Crippen LogP contribution in [0.5, 0.6) is 0 Å². The van der Waals surface area contributed by atoms with E-state index in [0.29, 0.717) is 17.1 Å². The van der Waals surface area contributed by atoms with Crippen LogP contribution in [-0.2, 0) is 11.2 Å². The zero-order valence-electron chi connectivity index (χ0n) is 12.0. The minimum atomic E-state index is -0.485. The van der Waals surface area contributed by atoms with Crippen molar-refractivity contribution in [3.05, 3.63) is 68.7 Å². The van der Waals surface area contributed by atoms with Crippen LogP contribution in [0.1, 0.15) is 17.5 Å². The maximum absolute atomic E-state index is 12.0.